The molecule has 0 spiro atoms. The Morgan fingerprint density at radius 3 is 2.97 bits per heavy atom. The van der Waals surface area contributed by atoms with Crippen LogP contribution in [0.4, 0.5) is 0 Å². The monoisotopic (exact) mass is 409 g/mol. The average Bonchev–Trinajstić information content (AvgIpc) is 3.30. The fourth-order valence-corrected chi connectivity index (χ4v) is 7.11. The Hall–Kier alpha value is -1.81. The van der Waals surface area contributed by atoms with E-state index in [0.29, 0.717) is 36.7 Å². The molecule has 162 valence electrons. The maximum absolute atomic E-state index is 11.7. The van der Waals surface area contributed by atoms with Crippen molar-refractivity contribution in [1.82, 2.24) is 4.90 Å². The first-order chi connectivity index (χ1) is 14.6. The van der Waals surface area contributed by atoms with Gasteiger partial charge in [0.25, 0.3) is 0 Å². The molecule has 30 heavy (non-hydrogen) atoms. The number of aryl methyl sites for hydroxylation is 1. The summed E-state index contributed by atoms with van der Waals surface area (Å²) in [5.41, 5.74) is 4.81. The highest BCUT2D eigenvalue weighted by Crippen LogP contribution is 2.62. The molecule has 3 fully saturated rings. The van der Waals surface area contributed by atoms with Crippen molar-refractivity contribution < 1.29 is 14.6 Å². The molecule has 2 saturated carbocycles. The summed E-state index contributed by atoms with van der Waals surface area (Å²) in [5.74, 6) is 2.90. The summed E-state index contributed by atoms with van der Waals surface area (Å²) in [5, 5.41) is 9.87. The van der Waals surface area contributed by atoms with Gasteiger partial charge < -0.3 is 14.7 Å². The van der Waals surface area contributed by atoms with Crippen LogP contribution in [-0.4, -0.2) is 42.2 Å². The number of fused-ring (bicyclic) bond motifs is 5. The number of rotatable bonds is 5. The number of aromatic hydroxyl groups is 1. The predicted octanol–water partition coefficient (Wildman–Crippen LogP) is 4.81. The summed E-state index contributed by atoms with van der Waals surface area (Å²) >= 11 is 0. The molecule has 1 aromatic carbocycles. The van der Waals surface area contributed by atoms with Gasteiger partial charge in [-0.2, -0.15) is 0 Å². The SMILES string of the molecule is CC12CCC3c4ccc(O)cc4CCC3C1CCC2=CCOCCN1CCCC1=O. The van der Waals surface area contributed by atoms with E-state index in [9.17, 15) is 9.90 Å². The molecule has 1 aromatic rings. The molecule has 4 aliphatic rings. The molecule has 1 aliphatic heterocycles. The fraction of sp³-hybridized carbons (Fsp3) is 0.654. The number of hydrogen-bond acceptors (Lipinski definition) is 3. The molecule has 5 rings (SSSR count). The van der Waals surface area contributed by atoms with Crippen molar-refractivity contribution >= 4 is 5.91 Å². The third kappa shape index (κ3) is 3.47. The van der Waals surface area contributed by atoms with Gasteiger partial charge in [-0.15, -0.1) is 0 Å². The third-order valence-electron chi connectivity index (χ3n) is 8.68. The van der Waals surface area contributed by atoms with Gasteiger partial charge in [0.1, 0.15) is 5.75 Å². The summed E-state index contributed by atoms with van der Waals surface area (Å²) in [7, 11) is 0. The fourth-order valence-electron chi connectivity index (χ4n) is 7.11. The normalized spacial score (nSPS) is 34.2. The van der Waals surface area contributed by atoms with Crippen molar-refractivity contribution in [2.75, 3.05) is 26.3 Å². The van der Waals surface area contributed by atoms with Crippen molar-refractivity contribution in [1.29, 1.82) is 0 Å². The first kappa shape index (κ1) is 20.1. The molecule has 4 unspecified atom stereocenters. The van der Waals surface area contributed by atoms with Crippen LogP contribution in [0.1, 0.15) is 68.9 Å². The van der Waals surface area contributed by atoms with Gasteiger partial charge in [-0.1, -0.05) is 24.6 Å². The van der Waals surface area contributed by atoms with Crippen LogP contribution in [0, 0.1) is 17.3 Å². The molecule has 1 heterocycles. The van der Waals surface area contributed by atoms with Crippen LogP contribution in [0.15, 0.2) is 29.8 Å². The highest BCUT2D eigenvalue weighted by molar-refractivity contribution is 5.78. The number of carbonyl (C=O) groups is 1. The number of phenolic OH excluding ortho intramolecular Hbond substituents is 1. The number of likely N-dealkylation sites (tertiary alicyclic amines) is 1. The van der Waals surface area contributed by atoms with Gasteiger partial charge in [-0.05, 0) is 91.4 Å². The van der Waals surface area contributed by atoms with E-state index in [-0.39, 0.29) is 5.91 Å². The average molecular weight is 410 g/mol. The molecular formula is C26H35NO3. The molecule has 0 aromatic heterocycles. The first-order valence-corrected chi connectivity index (χ1v) is 11.9. The van der Waals surface area contributed by atoms with Crippen molar-refractivity contribution in [2.24, 2.45) is 17.3 Å². The Morgan fingerprint density at radius 2 is 2.13 bits per heavy atom. The maximum atomic E-state index is 11.7. The van der Waals surface area contributed by atoms with Gasteiger partial charge in [-0.25, -0.2) is 0 Å². The standard InChI is InChI=1S/C26H35NO3/c1-26-12-10-22-21-8-6-20(28)17-18(21)4-7-23(22)24(26)9-5-19(26)11-15-30-16-14-27-13-2-3-25(27)29/h6,8,11,17,22-24,28H,2-5,7,9-10,12-16H2,1H3. The smallest absolute Gasteiger partial charge is 0.222 e. The van der Waals surface area contributed by atoms with Gasteiger partial charge in [0.2, 0.25) is 5.91 Å². The molecular weight excluding hydrogens is 374 g/mol. The highest BCUT2D eigenvalue weighted by Gasteiger charge is 2.52. The Bertz CT molecular complexity index is 847. The van der Waals surface area contributed by atoms with Crippen molar-refractivity contribution in [3.05, 3.63) is 41.0 Å². The lowest BCUT2D eigenvalue weighted by molar-refractivity contribution is -0.128. The largest absolute Gasteiger partial charge is 0.508 e. The Morgan fingerprint density at radius 1 is 1.23 bits per heavy atom. The van der Waals surface area contributed by atoms with Crippen LogP contribution in [0.2, 0.25) is 0 Å². The Kier molecular flexibility index (Phi) is 5.38. The van der Waals surface area contributed by atoms with Crippen LogP contribution in [0.5, 0.6) is 5.75 Å². The minimum atomic E-state index is 0.282. The van der Waals surface area contributed by atoms with Gasteiger partial charge in [-0.3, -0.25) is 4.79 Å². The summed E-state index contributed by atoms with van der Waals surface area (Å²) < 4.78 is 5.90. The number of carbonyl (C=O) groups excluding carboxylic acids is 1. The van der Waals surface area contributed by atoms with Crippen LogP contribution in [0.3, 0.4) is 0 Å². The van der Waals surface area contributed by atoms with Crippen LogP contribution in [-0.2, 0) is 16.0 Å². The predicted molar refractivity (Wildman–Crippen MR) is 117 cm³/mol. The minimum Gasteiger partial charge on any atom is -0.508 e. The molecule has 1 N–H and O–H groups in total. The van der Waals surface area contributed by atoms with E-state index < -0.39 is 0 Å². The van der Waals surface area contributed by atoms with E-state index in [1.807, 2.05) is 17.0 Å². The second-order valence-corrected chi connectivity index (χ2v) is 10.1. The number of amides is 1. The quantitative estimate of drug-likeness (QED) is 0.561. The lowest BCUT2D eigenvalue weighted by Gasteiger charge is -2.49. The molecule has 4 heteroatoms. The van der Waals surface area contributed by atoms with E-state index in [0.717, 1.165) is 37.8 Å². The zero-order valence-corrected chi connectivity index (χ0v) is 18.2. The molecule has 3 aliphatic carbocycles. The summed E-state index contributed by atoms with van der Waals surface area (Å²) in [6.07, 6.45) is 11.5. The number of ether oxygens (including phenoxy) is 1. The van der Waals surface area contributed by atoms with E-state index in [4.69, 9.17) is 4.74 Å². The molecule has 0 radical (unpaired) electrons. The van der Waals surface area contributed by atoms with Gasteiger partial charge in [0.15, 0.2) is 0 Å². The van der Waals surface area contributed by atoms with Crippen LogP contribution in [0.25, 0.3) is 0 Å². The number of phenols is 1. The zero-order valence-electron chi connectivity index (χ0n) is 18.2. The third-order valence-corrected chi connectivity index (χ3v) is 8.68. The van der Waals surface area contributed by atoms with Crippen LogP contribution < -0.4 is 0 Å². The van der Waals surface area contributed by atoms with E-state index in [1.54, 1.807) is 5.57 Å². The van der Waals surface area contributed by atoms with Gasteiger partial charge in [0.05, 0.1) is 13.2 Å². The van der Waals surface area contributed by atoms with Gasteiger partial charge in [0, 0.05) is 19.5 Å². The number of nitrogens with zero attached hydrogens (tertiary/aromatic N) is 1. The lowest BCUT2D eigenvalue weighted by atomic mass is 9.55. The molecule has 4 atom stereocenters. The Labute approximate surface area is 180 Å². The van der Waals surface area contributed by atoms with Gasteiger partial charge >= 0.3 is 0 Å². The Balaban J connectivity index is 1.21. The second-order valence-electron chi connectivity index (χ2n) is 10.1. The van der Waals surface area contributed by atoms with E-state index in [1.165, 1.54) is 43.2 Å². The van der Waals surface area contributed by atoms with Crippen molar-refractivity contribution in [2.45, 2.75) is 64.2 Å². The summed E-state index contributed by atoms with van der Waals surface area (Å²) in [4.78, 5) is 13.6. The van der Waals surface area contributed by atoms with E-state index in [2.05, 4.69) is 19.1 Å². The summed E-state index contributed by atoms with van der Waals surface area (Å²) in [6, 6.07) is 6.06. The zero-order chi connectivity index (χ0) is 20.7. The van der Waals surface area contributed by atoms with Crippen LogP contribution >= 0.6 is 0 Å². The summed E-state index contributed by atoms with van der Waals surface area (Å²) in [6.45, 7) is 5.46. The highest BCUT2D eigenvalue weighted by atomic mass is 16.5. The second kappa shape index (κ2) is 8.03. The number of benzene rings is 1. The molecule has 4 nitrogen and oxygen atoms in total. The molecule has 0 bridgehead atoms. The maximum Gasteiger partial charge on any atom is 0.222 e. The molecule has 1 saturated heterocycles. The number of allylic oxidation sites excluding steroid dienone is 1. The topological polar surface area (TPSA) is 49.8 Å². The first-order valence-electron chi connectivity index (χ1n) is 11.9. The molecule has 1 amide bonds. The lowest BCUT2D eigenvalue weighted by Crippen LogP contribution is -2.40. The van der Waals surface area contributed by atoms with Crippen molar-refractivity contribution in [3.63, 3.8) is 0 Å². The minimum absolute atomic E-state index is 0.282. The van der Waals surface area contributed by atoms with E-state index >= 15 is 0 Å². The van der Waals surface area contributed by atoms with Crippen molar-refractivity contribution in [3.8, 4) is 5.75 Å². The number of hydrogen-bond donors (Lipinski definition) is 1.